The Bertz CT molecular complexity index is 459. The number of nitrogens with two attached hydrogens (primary N) is 1. The van der Waals surface area contributed by atoms with E-state index in [1.807, 2.05) is 32.6 Å². The molecule has 2 N–H and O–H groups in total. The number of aromatic nitrogens is 3. The van der Waals surface area contributed by atoms with E-state index in [9.17, 15) is 0 Å². The van der Waals surface area contributed by atoms with E-state index in [4.69, 9.17) is 15.2 Å². The summed E-state index contributed by atoms with van der Waals surface area (Å²) in [5.41, 5.74) is 5.11. The molecule has 0 bridgehead atoms. The van der Waals surface area contributed by atoms with Crippen LogP contribution < -0.4 is 15.4 Å². The summed E-state index contributed by atoms with van der Waals surface area (Å²) in [6, 6.07) is 0.226. The maximum absolute atomic E-state index is 6.02. The van der Waals surface area contributed by atoms with Crippen molar-refractivity contribution in [3.05, 3.63) is 0 Å². The van der Waals surface area contributed by atoms with Crippen LogP contribution in [0.2, 0.25) is 0 Å². The van der Waals surface area contributed by atoms with Crippen LogP contribution in [0.15, 0.2) is 0 Å². The molecule has 1 aromatic heterocycles. The number of ether oxygens (including phenoxy) is 2. The van der Waals surface area contributed by atoms with Crippen LogP contribution in [-0.4, -0.2) is 46.4 Å². The first-order valence-corrected chi connectivity index (χ1v) is 6.21. The van der Waals surface area contributed by atoms with E-state index in [0.29, 0.717) is 19.0 Å². The first kappa shape index (κ1) is 13.8. The smallest absolute Gasteiger partial charge is 0.322 e. The quantitative estimate of drug-likeness (QED) is 0.850. The predicted octanol–water partition coefficient (Wildman–Crippen LogP) is 0.856. The van der Waals surface area contributed by atoms with Gasteiger partial charge in [-0.05, 0) is 27.7 Å². The van der Waals surface area contributed by atoms with Crippen LogP contribution in [-0.2, 0) is 4.74 Å². The van der Waals surface area contributed by atoms with Crippen LogP contribution >= 0.6 is 0 Å². The number of nitrogens with zero attached hydrogens (tertiary/aromatic N) is 4. The zero-order valence-electron chi connectivity index (χ0n) is 12.1. The lowest BCUT2D eigenvalue weighted by molar-refractivity contribution is -0.133. The molecular weight excluding hydrogens is 246 g/mol. The Morgan fingerprint density at radius 1 is 1.11 bits per heavy atom. The van der Waals surface area contributed by atoms with Gasteiger partial charge in [0.1, 0.15) is 0 Å². The highest BCUT2D eigenvalue weighted by Crippen LogP contribution is 2.30. The second-order valence-corrected chi connectivity index (χ2v) is 5.96. The van der Waals surface area contributed by atoms with Crippen LogP contribution in [0.5, 0.6) is 6.01 Å². The molecule has 0 spiro atoms. The molecule has 0 unspecified atom stereocenters. The summed E-state index contributed by atoms with van der Waals surface area (Å²) >= 11 is 0. The highest BCUT2D eigenvalue weighted by Gasteiger charge is 2.39. The number of hydrogen-bond acceptors (Lipinski definition) is 7. The molecule has 1 fully saturated rings. The summed E-state index contributed by atoms with van der Waals surface area (Å²) in [6.45, 7) is 9.54. The van der Waals surface area contributed by atoms with E-state index in [-0.39, 0.29) is 23.2 Å². The molecule has 0 radical (unpaired) electrons. The largest absolute Gasteiger partial charge is 0.467 e. The maximum atomic E-state index is 6.02. The number of nitrogen functional groups attached to an aromatic ring is 1. The van der Waals surface area contributed by atoms with Gasteiger partial charge in [-0.1, -0.05) is 0 Å². The highest BCUT2D eigenvalue weighted by molar-refractivity contribution is 5.37. The molecule has 19 heavy (non-hydrogen) atoms. The Morgan fingerprint density at radius 3 is 2.21 bits per heavy atom. The van der Waals surface area contributed by atoms with Gasteiger partial charge in [0.15, 0.2) is 0 Å². The van der Waals surface area contributed by atoms with Crippen LogP contribution in [0.4, 0.5) is 11.9 Å². The summed E-state index contributed by atoms with van der Waals surface area (Å²) in [7, 11) is 1.51. The van der Waals surface area contributed by atoms with Crippen molar-refractivity contribution in [3.8, 4) is 6.01 Å². The third kappa shape index (κ3) is 3.23. The van der Waals surface area contributed by atoms with Gasteiger partial charge in [0.2, 0.25) is 11.9 Å². The second-order valence-electron chi connectivity index (χ2n) is 5.96. The van der Waals surface area contributed by atoms with E-state index < -0.39 is 0 Å². The van der Waals surface area contributed by atoms with Crippen molar-refractivity contribution in [2.45, 2.75) is 38.9 Å². The first-order valence-electron chi connectivity index (χ1n) is 6.21. The topological polar surface area (TPSA) is 86.4 Å². The molecule has 0 aromatic carbocycles. The fourth-order valence-electron chi connectivity index (χ4n) is 2.52. The summed E-state index contributed by atoms with van der Waals surface area (Å²) in [4.78, 5) is 14.4. The van der Waals surface area contributed by atoms with E-state index in [1.165, 1.54) is 7.11 Å². The molecule has 7 nitrogen and oxygen atoms in total. The highest BCUT2D eigenvalue weighted by atomic mass is 16.5. The van der Waals surface area contributed by atoms with Crippen molar-refractivity contribution < 1.29 is 9.47 Å². The van der Waals surface area contributed by atoms with E-state index in [2.05, 4.69) is 15.0 Å². The molecule has 2 heterocycles. The molecule has 0 saturated carbocycles. The summed E-state index contributed by atoms with van der Waals surface area (Å²) < 4.78 is 11.1. The van der Waals surface area contributed by atoms with E-state index >= 15 is 0 Å². The van der Waals surface area contributed by atoms with Crippen LogP contribution in [0.1, 0.15) is 27.7 Å². The summed E-state index contributed by atoms with van der Waals surface area (Å²) in [6.07, 6.45) is 0. The Balaban J connectivity index is 2.33. The molecule has 1 aromatic rings. The van der Waals surface area contributed by atoms with Gasteiger partial charge in [-0.15, -0.1) is 0 Å². The number of methoxy groups -OCH3 is 1. The minimum absolute atomic E-state index is 0.156. The number of anilines is 2. The molecule has 1 aliphatic rings. The first-order chi connectivity index (χ1) is 8.71. The van der Waals surface area contributed by atoms with Crippen molar-refractivity contribution in [1.29, 1.82) is 0 Å². The number of hydrogen-bond donors (Lipinski definition) is 1. The Hall–Kier alpha value is -1.63. The van der Waals surface area contributed by atoms with Gasteiger partial charge in [0.05, 0.1) is 18.3 Å². The molecule has 1 saturated heterocycles. The van der Waals surface area contributed by atoms with Gasteiger partial charge in [-0.2, -0.15) is 15.0 Å². The average molecular weight is 267 g/mol. The van der Waals surface area contributed by atoms with Crippen molar-refractivity contribution in [2.75, 3.05) is 30.8 Å². The van der Waals surface area contributed by atoms with Crippen molar-refractivity contribution in [1.82, 2.24) is 15.0 Å². The SMILES string of the molecule is COc1nc(N)nc(N2CC(C)(C)OC(C)(C)C2)n1. The molecule has 0 aliphatic carbocycles. The Labute approximate surface area is 113 Å². The molecule has 2 rings (SSSR count). The van der Waals surface area contributed by atoms with Gasteiger partial charge >= 0.3 is 6.01 Å². The lowest BCUT2D eigenvalue weighted by atomic mass is 9.99. The normalized spacial score (nSPS) is 21.2. The Kier molecular flexibility index (Phi) is 3.25. The lowest BCUT2D eigenvalue weighted by Crippen LogP contribution is -2.57. The van der Waals surface area contributed by atoms with Gasteiger partial charge in [0, 0.05) is 13.1 Å². The summed E-state index contributed by atoms with van der Waals surface area (Å²) in [5.74, 6) is 0.678. The standard InChI is InChI=1S/C12H21N5O2/c1-11(2)6-17(7-12(3,4)19-11)9-14-8(13)15-10(16-9)18-5/h6-7H2,1-5H3,(H2,13,14,15,16). The third-order valence-corrected chi connectivity index (χ3v) is 2.78. The minimum atomic E-state index is -0.281. The van der Waals surface area contributed by atoms with Crippen LogP contribution in [0.25, 0.3) is 0 Å². The van der Waals surface area contributed by atoms with Gasteiger partial charge in [0.25, 0.3) is 0 Å². The maximum Gasteiger partial charge on any atom is 0.322 e. The fourth-order valence-corrected chi connectivity index (χ4v) is 2.52. The van der Waals surface area contributed by atoms with E-state index in [0.717, 1.165) is 0 Å². The van der Waals surface area contributed by atoms with Gasteiger partial charge < -0.3 is 20.1 Å². The summed E-state index contributed by atoms with van der Waals surface area (Å²) in [5, 5.41) is 0. The number of morpholine rings is 1. The Morgan fingerprint density at radius 2 is 1.68 bits per heavy atom. The monoisotopic (exact) mass is 267 g/mol. The second kappa shape index (κ2) is 4.48. The lowest BCUT2D eigenvalue weighted by Gasteiger charge is -2.47. The number of rotatable bonds is 2. The van der Waals surface area contributed by atoms with E-state index in [1.54, 1.807) is 0 Å². The molecule has 0 amide bonds. The fraction of sp³-hybridized carbons (Fsp3) is 0.750. The molecule has 0 atom stereocenters. The van der Waals surface area contributed by atoms with Gasteiger partial charge in [-0.3, -0.25) is 0 Å². The van der Waals surface area contributed by atoms with Gasteiger partial charge in [-0.25, -0.2) is 0 Å². The van der Waals surface area contributed by atoms with Crippen LogP contribution in [0, 0.1) is 0 Å². The third-order valence-electron chi connectivity index (χ3n) is 2.78. The van der Waals surface area contributed by atoms with Crippen LogP contribution in [0.3, 0.4) is 0 Å². The average Bonchev–Trinajstić information content (AvgIpc) is 2.24. The molecule has 7 heteroatoms. The van der Waals surface area contributed by atoms with Crippen molar-refractivity contribution >= 4 is 11.9 Å². The molecular formula is C12H21N5O2. The molecule has 106 valence electrons. The zero-order valence-corrected chi connectivity index (χ0v) is 12.1. The molecule has 1 aliphatic heterocycles. The van der Waals surface area contributed by atoms with Crippen molar-refractivity contribution in [2.24, 2.45) is 0 Å². The predicted molar refractivity (Wildman–Crippen MR) is 72.2 cm³/mol. The van der Waals surface area contributed by atoms with Crippen molar-refractivity contribution in [3.63, 3.8) is 0 Å². The zero-order chi connectivity index (χ0) is 14.3. The minimum Gasteiger partial charge on any atom is -0.467 e.